The van der Waals surface area contributed by atoms with Crippen molar-refractivity contribution < 1.29 is 19.8 Å². The molecule has 94 valence electrons. The number of unbranched alkanes of at least 4 members (excludes halogenated alkanes) is 2. The third-order valence-corrected chi connectivity index (χ3v) is 2.39. The second kappa shape index (κ2) is 8.10. The van der Waals surface area contributed by atoms with Crippen molar-refractivity contribution in [3.8, 4) is 0 Å². The van der Waals surface area contributed by atoms with Crippen LogP contribution in [0.25, 0.3) is 0 Å². The highest BCUT2D eigenvalue weighted by atomic mass is 16.4. The molecular formula is C11H21NO4. The van der Waals surface area contributed by atoms with Crippen molar-refractivity contribution in [1.82, 2.24) is 4.90 Å². The standard InChI is InChI=1S/C11H21NO4/c1-3-4-5-6-12(8-10(13)14)7-9(2)11(15)16/h9H,3-8H2,1-2H3,(H,13,14)(H,15,16). The van der Waals surface area contributed by atoms with Gasteiger partial charge in [0.2, 0.25) is 0 Å². The normalized spacial score (nSPS) is 12.7. The number of nitrogens with zero attached hydrogens (tertiary/aromatic N) is 1. The zero-order chi connectivity index (χ0) is 12.6. The summed E-state index contributed by atoms with van der Waals surface area (Å²) < 4.78 is 0. The van der Waals surface area contributed by atoms with E-state index in [1.54, 1.807) is 11.8 Å². The molecule has 0 radical (unpaired) electrons. The van der Waals surface area contributed by atoms with Crippen LogP contribution in [0.1, 0.15) is 33.1 Å². The van der Waals surface area contributed by atoms with Crippen molar-refractivity contribution in [3.05, 3.63) is 0 Å². The van der Waals surface area contributed by atoms with Crippen LogP contribution in [0.3, 0.4) is 0 Å². The molecule has 0 bridgehead atoms. The highest BCUT2D eigenvalue weighted by molar-refractivity contribution is 5.70. The highest BCUT2D eigenvalue weighted by Crippen LogP contribution is 2.03. The molecule has 1 atom stereocenters. The van der Waals surface area contributed by atoms with Crippen LogP contribution < -0.4 is 0 Å². The molecule has 0 aliphatic carbocycles. The number of carbonyl (C=O) groups is 2. The van der Waals surface area contributed by atoms with Crippen molar-refractivity contribution in [3.63, 3.8) is 0 Å². The van der Waals surface area contributed by atoms with Crippen LogP contribution in [0.5, 0.6) is 0 Å². The van der Waals surface area contributed by atoms with Crippen LogP contribution in [-0.2, 0) is 9.59 Å². The maximum Gasteiger partial charge on any atom is 0.317 e. The summed E-state index contributed by atoms with van der Waals surface area (Å²) in [5, 5.41) is 17.5. The Balaban J connectivity index is 4.08. The number of hydrogen-bond acceptors (Lipinski definition) is 3. The smallest absolute Gasteiger partial charge is 0.317 e. The average molecular weight is 231 g/mol. The third-order valence-electron chi connectivity index (χ3n) is 2.39. The fourth-order valence-electron chi connectivity index (χ4n) is 1.48. The summed E-state index contributed by atoms with van der Waals surface area (Å²) in [6.45, 7) is 4.53. The van der Waals surface area contributed by atoms with Gasteiger partial charge in [0.15, 0.2) is 0 Å². The van der Waals surface area contributed by atoms with E-state index in [0.717, 1.165) is 19.3 Å². The fourth-order valence-corrected chi connectivity index (χ4v) is 1.48. The first-order valence-corrected chi connectivity index (χ1v) is 5.64. The minimum Gasteiger partial charge on any atom is -0.481 e. The second-order valence-electron chi connectivity index (χ2n) is 4.08. The lowest BCUT2D eigenvalue weighted by atomic mass is 10.1. The van der Waals surface area contributed by atoms with Crippen LogP contribution >= 0.6 is 0 Å². The van der Waals surface area contributed by atoms with Crippen molar-refractivity contribution in [2.24, 2.45) is 5.92 Å². The zero-order valence-corrected chi connectivity index (χ0v) is 9.98. The van der Waals surface area contributed by atoms with Crippen LogP contribution in [0, 0.1) is 5.92 Å². The Morgan fingerprint density at radius 2 is 1.88 bits per heavy atom. The lowest BCUT2D eigenvalue weighted by molar-refractivity contribution is -0.144. The van der Waals surface area contributed by atoms with E-state index in [2.05, 4.69) is 6.92 Å². The lowest BCUT2D eigenvalue weighted by Crippen LogP contribution is -2.36. The highest BCUT2D eigenvalue weighted by Gasteiger charge is 2.17. The number of rotatable bonds is 9. The molecule has 0 aromatic rings. The summed E-state index contributed by atoms with van der Waals surface area (Å²) in [4.78, 5) is 23.0. The summed E-state index contributed by atoms with van der Waals surface area (Å²) in [6.07, 6.45) is 3.02. The van der Waals surface area contributed by atoms with E-state index < -0.39 is 17.9 Å². The quantitative estimate of drug-likeness (QED) is 0.584. The zero-order valence-electron chi connectivity index (χ0n) is 9.98. The van der Waals surface area contributed by atoms with E-state index in [9.17, 15) is 9.59 Å². The summed E-state index contributed by atoms with van der Waals surface area (Å²) in [5.74, 6) is -2.32. The number of carboxylic acids is 2. The molecule has 0 fully saturated rings. The maximum atomic E-state index is 10.7. The molecule has 0 saturated heterocycles. The van der Waals surface area contributed by atoms with E-state index >= 15 is 0 Å². The van der Waals surface area contributed by atoms with Crippen molar-refractivity contribution in [2.75, 3.05) is 19.6 Å². The van der Waals surface area contributed by atoms with E-state index in [0.29, 0.717) is 13.1 Å². The van der Waals surface area contributed by atoms with Gasteiger partial charge in [-0.2, -0.15) is 0 Å². The molecule has 0 spiro atoms. The molecular weight excluding hydrogens is 210 g/mol. The molecule has 0 amide bonds. The summed E-state index contributed by atoms with van der Waals surface area (Å²) >= 11 is 0. The Hall–Kier alpha value is -1.10. The monoisotopic (exact) mass is 231 g/mol. The topological polar surface area (TPSA) is 77.8 Å². The first-order chi connectivity index (χ1) is 7.47. The van der Waals surface area contributed by atoms with Crippen molar-refractivity contribution >= 4 is 11.9 Å². The fraction of sp³-hybridized carbons (Fsp3) is 0.818. The lowest BCUT2D eigenvalue weighted by Gasteiger charge is -2.22. The average Bonchev–Trinajstić information content (AvgIpc) is 2.16. The van der Waals surface area contributed by atoms with Crippen LogP contribution in [0.4, 0.5) is 0 Å². The Bertz CT molecular complexity index is 230. The van der Waals surface area contributed by atoms with Gasteiger partial charge in [-0.1, -0.05) is 26.7 Å². The number of hydrogen-bond donors (Lipinski definition) is 2. The molecule has 0 heterocycles. The van der Waals surface area contributed by atoms with Gasteiger partial charge in [-0.05, 0) is 13.0 Å². The maximum absolute atomic E-state index is 10.7. The molecule has 5 nitrogen and oxygen atoms in total. The van der Waals surface area contributed by atoms with Gasteiger partial charge in [0, 0.05) is 6.54 Å². The molecule has 5 heteroatoms. The van der Waals surface area contributed by atoms with E-state index in [1.165, 1.54) is 0 Å². The van der Waals surface area contributed by atoms with Gasteiger partial charge in [0.1, 0.15) is 0 Å². The van der Waals surface area contributed by atoms with Gasteiger partial charge in [0.05, 0.1) is 12.5 Å². The predicted molar refractivity (Wildman–Crippen MR) is 60.4 cm³/mol. The Kier molecular flexibility index (Phi) is 7.54. The summed E-state index contributed by atoms with van der Waals surface area (Å²) in [7, 11) is 0. The first-order valence-electron chi connectivity index (χ1n) is 5.64. The Labute approximate surface area is 96.1 Å². The van der Waals surface area contributed by atoms with Gasteiger partial charge in [-0.25, -0.2) is 0 Å². The molecule has 16 heavy (non-hydrogen) atoms. The van der Waals surface area contributed by atoms with Gasteiger partial charge in [-0.3, -0.25) is 14.5 Å². The van der Waals surface area contributed by atoms with Gasteiger partial charge in [-0.15, -0.1) is 0 Å². The second-order valence-corrected chi connectivity index (χ2v) is 4.08. The van der Waals surface area contributed by atoms with Crippen molar-refractivity contribution in [1.29, 1.82) is 0 Å². The molecule has 0 saturated carbocycles. The molecule has 0 aliphatic heterocycles. The van der Waals surface area contributed by atoms with Crippen molar-refractivity contribution in [2.45, 2.75) is 33.1 Å². The third kappa shape index (κ3) is 7.23. The molecule has 0 aliphatic rings. The van der Waals surface area contributed by atoms with Crippen LogP contribution in [0.2, 0.25) is 0 Å². The molecule has 1 unspecified atom stereocenters. The Morgan fingerprint density at radius 3 is 2.31 bits per heavy atom. The van der Waals surface area contributed by atoms with Gasteiger partial charge >= 0.3 is 11.9 Å². The van der Waals surface area contributed by atoms with E-state index in [1.807, 2.05) is 0 Å². The summed E-state index contributed by atoms with van der Waals surface area (Å²) in [6, 6.07) is 0. The summed E-state index contributed by atoms with van der Waals surface area (Å²) in [5.41, 5.74) is 0. The van der Waals surface area contributed by atoms with Gasteiger partial charge < -0.3 is 10.2 Å². The largest absolute Gasteiger partial charge is 0.481 e. The van der Waals surface area contributed by atoms with E-state index in [4.69, 9.17) is 10.2 Å². The minimum absolute atomic E-state index is 0.0820. The Morgan fingerprint density at radius 1 is 1.25 bits per heavy atom. The minimum atomic E-state index is -0.908. The van der Waals surface area contributed by atoms with Gasteiger partial charge in [0.25, 0.3) is 0 Å². The molecule has 0 aromatic carbocycles. The molecule has 0 rings (SSSR count). The predicted octanol–water partition coefficient (Wildman–Crippen LogP) is 1.28. The van der Waals surface area contributed by atoms with E-state index in [-0.39, 0.29) is 6.54 Å². The van der Waals surface area contributed by atoms with Crippen LogP contribution in [0.15, 0.2) is 0 Å². The molecule has 2 N–H and O–H groups in total. The SMILES string of the molecule is CCCCCN(CC(=O)O)CC(C)C(=O)O. The number of carboxylic acid groups (broad SMARTS) is 2. The molecule has 0 aromatic heterocycles. The van der Waals surface area contributed by atoms with Crippen LogP contribution in [-0.4, -0.2) is 46.7 Å². The number of aliphatic carboxylic acids is 2. The first kappa shape index (κ1) is 14.9.